The fourth-order valence-corrected chi connectivity index (χ4v) is 3.38. The molecular weight excluding hydrogens is 371 g/mol. The van der Waals surface area contributed by atoms with Crippen molar-refractivity contribution in [3.05, 3.63) is 23.3 Å². The summed E-state index contributed by atoms with van der Waals surface area (Å²) in [4.78, 5) is 25.2. The minimum atomic E-state index is -1.53. The molecule has 7 N–H and O–H groups in total. The van der Waals surface area contributed by atoms with Gasteiger partial charge in [0.1, 0.15) is 28.7 Å². The average Bonchev–Trinajstić information content (AvgIpc) is 3.37. The molecule has 1 aromatic carbocycles. The molecule has 28 heavy (non-hydrogen) atoms. The van der Waals surface area contributed by atoms with Crippen LogP contribution in [0.3, 0.4) is 0 Å². The second-order valence-electron chi connectivity index (χ2n) is 7.63. The van der Waals surface area contributed by atoms with Crippen molar-refractivity contribution in [3.63, 3.8) is 0 Å². The van der Waals surface area contributed by atoms with Crippen molar-refractivity contribution in [2.24, 2.45) is 5.73 Å². The molecule has 11 heteroatoms. The quantitative estimate of drug-likeness (QED) is 0.308. The summed E-state index contributed by atoms with van der Waals surface area (Å²) in [5, 5.41) is 47.5. The number of aliphatic hydroxyl groups is 1. The zero-order chi connectivity index (χ0) is 20.8. The van der Waals surface area contributed by atoms with Crippen LogP contribution in [0.1, 0.15) is 35.2 Å². The van der Waals surface area contributed by atoms with Gasteiger partial charge in [0.25, 0.3) is 0 Å². The van der Waals surface area contributed by atoms with Gasteiger partial charge in [-0.25, -0.2) is 4.79 Å². The number of hydrogen-bond donors (Lipinski definition) is 6. The number of hydrogen-bond acceptors (Lipinski definition) is 8. The molecule has 0 aromatic heterocycles. The first-order valence-electron chi connectivity index (χ1n) is 8.88. The first kappa shape index (κ1) is 20.4. The Hall–Kier alpha value is -2.34. The first-order valence-corrected chi connectivity index (χ1v) is 8.88. The molecule has 3 atom stereocenters. The number of benzene rings is 1. The number of aromatic hydroxyl groups is 1. The maximum atomic E-state index is 12.1. The molecule has 1 saturated heterocycles. The van der Waals surface area contributed by atoms with Crippen molar-refractivity contribution in [2.75, 3.05) is 19.7 Å². The van der Waals surface area contributed by atoms with Crippen LogP contribution in [0.25, 0.3) is 0 Å². The lowest BCUT2D eigenvalue weighted by molar-refractivity contribution is -0.146. The van der Waals surface area contributed by atoms with Crippen LogP contribution in [0.4, 0.5) is 0 Å². The molecule has 1 aromatic rings. The molecule has 3 rings (SSSR count). The van der Waals surface area contributed by atoms with E-state index in [9.17, 15) is 29.9 Å². The highest BCUT2D eigenvalue weighted by molar-refractivity contribution is 6.44. The smallest absolute Gasteiger partial charge is 0.455 e. The molecule has 1 saturated carbocycles. The van der Waals surface area contributed by atoms with Crippen molar-refractivity contribution in [2.45, 2.75) is 36.7 Å². The Labute approximate surface area is 161 Å². The van der Waals surface area contributed by atoms with E-state index in [0.29, 0.717) is 12.0 Å². The van der Waals surface area contributed by atoms with E-state index < -0.39 is 54.4 Å². The molecule has 3 unspecified atom stereocenters. The fourth-order valence-electron chi connectivity index (χ4n) is 3.38. The Balaban J connectivity index is 1.71. The number of amides is 1. The normalized spacial score (nSPS) is 23.5. The Kier molecular flexibility index (Phi) is 5.28. The fraction of sp³-hybridized carbons (Fsp3) is 0.529. The van der Waals surface area contributed by atoms with Crippen molar-refractivity contribution in [1.82, 2.24) is 4.90 Å². The van der Waals surface area contributed by atoms with Crippen LogP contribution in [0.2, 0.25) is 5.82 Å². The summed E-state index contributed by atoms with van der Waals surface area (Å²) >= 11 is 0. The highest BCUT2D eigenvalue weighted by Gasteiger charge is 2.48. The third-order valence-electron chi connectivity index (χ3n) is 5.25. The van der Waals surface area contributed by atoms with E-state index in [1.54, 1.807) is 0 Å². The molecule has 1 amide bonds. The van der Waals surface area contributed by atoms with Gasteiger partial charge < -0.3 is 40.7 Å². The number of aromatic carboxylic acids is 1. The van der Waals surface area contributed by atoms with E-state index in [2.05, 4.69) is 0 Å². The lowest BCUT2D eigenvalue weighted by Crippen LogP contribution is -2.64. The van der Waals surface area contributed by atoms with Crippen molar-refractivity contribution in [3.8, 4) is 11.5 Å². The van der Waals surface area contributed by atoms with Crippen LogP contribution >= 0.6 is 0 Å². The van der Waals surface area contributed by atoms with Gasteiger partial charge in [0.15, 0.2) is 0 Å². The zero-order valence-electron chi connectivity index (χ0n) is 15.3. The second-order valence-corrected chi connectivity index (χ2v) is 7.63. The van der Waals surface area contributed by atoms with Gasteiger partial charge in [-0.05, 0) is 30.9 Å². The van der Waals surface area contributed by atoms with Gasteiger partial charge in [-0.15, -0.1) is 0 Å². The molecule has 2 fully saturated rings. The molecule has 1 aliphatic carbocycles. The van der Waals surface area contributed by atoms with Gasteiger partial charge in [-0.1, -0.05) is 6.07 Å². The van der Waals surface area contributed by atoms with Gasteiger partial charge in [0.2, 0.25) is 5.91 Å². The zero-order valence-corrected chi connectivity index (χ0v) is 15.3. The van der Waals surface area contributed by atoms with E-state index in [1.807, 2.05) is 0 Å². The molecule has 1 aliphatic heterocycles. The third-order valence-corrected chi connectivity index (χ3v) is 5.25. The standard InChI is InChI=1S/C17H23BN2O8/c1-17(19,7-21)16(25)20-5-8(6-20)28-12-3-2-9(10-4-11(10)18(26)27)14(22)13(12)15(23)24/h2-3,8,10-11,21-22,26-27H,4-7,19H2,1H3,(H,23,24). The minimum absolute atomic E-state index is 0.0368. The van der Waals surface area contributed by atoms with Crippen molar-refractivity contribution < 1.29 is 39.7 Å². The monoisotopic (exact) mass is 394 g/mol. The first-order chi connectivity index (χ1) is 13.1. The van der Waals surface area contributed by atoms with E-state index >= 15 is 0 Å². The van der Waals surface area contributed by atoms with Crippen molar-refractivity contribution >= 4 is 19.0 Å². The summed E-state index contributed by atoms with van der Waals surface area (Å²) in [6.07, 6.45) is -0.0397. The number of carbonyl (C=O) groups is 2. The largest absolute Gasteiger partial charge is 0.507 e. The molecule has 10 nitrogen and oxygen atoms in total. The Morgan fingerprint density at radius 1 is 1.36 bits per heavy atom. The highest BCUT2D eigenvalue weighted by Crippen LogP contribution is 2.56. The van der Waals surface area contributed by atoms with Crippen molar-refractivity contribution in [1.29, 1.82) is 0 Å². The molecular formula is C17H23BN2O8. The molecule has 1 heterocycles. The second kappa shape index (κ2) is 7.24. The number of rotatable bonds is 7. The predicted octanol–water partition coefficient (Wildman–Crippen LogP) is -1.28. The van der Waals surface area contributed by atoms with E-state index in [-0.39, 0.29) is 24.8 Å². The number of nitrogens with zero attached hydrogens (tertiary/aromatic N) is 1. The summed E-state index contributed by atoms with van der Waals surface area (Å²) in [7, 11) is -1.53. The topological polar surface area (TPSA) is 174 Å². The van der Waals surface area contributed by atoms with Crippen LogP contribution in [0, 0.1) is 0 Å². The van der Waals surface area contributed by atoms with E-state index in [0.717, 1.165) is 0 Å². The number of nitrogens with two attached hydrogens (primary N) is 1. The number of carboxylic acid groups (broad SMARTS) is 1. The lowest BCUT2D eigenvalue weighted by atomic mass is 9.81. The maximum absolute atomic E-state index is 12.1. The number of phenols is 1. The molecule has 152 valence electrons. The van der Waals surface area contributed by atoms with Gasteiger partial charge in [0, 0.05) is 5.82 Å². The Morgan fingerprint density at radius 3 is 2.50 bits per heavy atom. The molecule has 2 aliphatic rings. The summed E-state index contributed by atoms with van der Waals surface area (Å²) < 4.78 is 5.64. The van der Waals surface area contributed by atoms with Crippen LogP contribution in [-0.2, 0) is 4.79 Å². The maximum Gasteiger partial charge on any atom is 0.455 e. The Bertz CT molecular complexity index is 794. The lowest BCUT2D eigenvalue weighted by Gasteiger charge is -2.42. The van der Waals surface area contributed by atoms with Gasteiger partial charge in [-0.2, -0.15) is 0 Å². The van der Waals surface area contributed by atoms with Gasteiger partial charge >= 0.3 is 13.1 Å². The number of likely N-dealkylation sites (tertiary alicyclic amines) is 1. The molecule has 0 radical (unpaired) electrons. The number of carbonyl (C=O) groups excluding carboxylic acids is 1. The van der Waals surface area contributed by atoms with Crippen LogP contribution < -0.4 is 10.5 Å². The summed E-state index contributed by atoms with van der Waals surface area (Å²) in [6.45, 7) is 1.26. The summed E-state index contributed by atoms with van der Waals surface area (Å²) in [6, 6.07) is 2.93. The molecule has 0 bridgehead atoms. The number of carboxylic acids is 1. The average molecular weight is 394 g/mol. The Morgan fingerprint density at radius 2 is 2.00 bits per heavy atom. The SMILES string of the molecule is CC(N)(CO)C(=O)N1CC(Oc2ccc(C3CC3B(O)O)c(O)c2C(=O)O)C1. The van der Waals surface area contributed by atoms with Gasteiger partial charge in [-0.3, -0.25) is 4.79 Å². The third kappa shape index (κ3) is 3.66. The summed E-state index contributed by atoms with van der Waals surface area (Å²) in [5.41, 5.74) is 4.24. The summed E-state index contributed by atoms with van der Waals surface area (Å²) in [5.74, 6) is -3.08. The van der Waals surface area contributed by atoms with E-state index in [1.165, 1.54) is 24.0 Å². The van der Waals surface area contributed by atoms with Gasteiger partial charge in [0.05, 0.1) is 19.7 Å². The van der Waals surface area contributed by atoms with Crippen LogP contribution in [0.5, 0.6) is 11.5 Å². The number of ether oxygens (including phenoxy) is 1. The minimum Gasteiger partial charge on any atom is -0.507 e. The predicted molar refractivity (Wildman–Crippen MR) is 97.0 cm³/mol. The van der Waals surface area contributed by atoms with Crippen LogP contribution in [0.15, 0.2) is 12.1 Å². The highest BCUT2D eigenvalue weighted by atomic mass is 16.5. The number of aliphatic hydroxyl groups excluding tert-OH is 1. The van der Waals surface area contributed by atoms with E-state index in [4.69, 9.17) is 15.6 Å². The molecule has 0 spiro atoms. The van der Waals surface area contributed by atoms with Crippen LogP contribution in [-0.4, -0.2) is 80.6 Å².